The van der Waals surface area contributed by atoms with Crippen LogP contribution in [0.4, 0.5) is 5.88 Å². The number of aromatic carboxylic acids is 1. The van der Waals surface area contributed by atoms with Gasteiger partial charge in [0.05, 0.1) is 5.56 Å². The summed E-state index contributed by atoms with van der Waals surface area (Å²) in [6.45, 7) is 3.69. The van der Waals surface area contributed by atoms with E-state index in [9.17, 15) is 9.90 Å². The number of carbonyl (C=O) groups is 1. The summed E-state index contributed by atoms with van der Waals surface area (Å²) in [6, 6.07) is 3.49. The number of hydrogen-bond donors (Lipinski definition) is 2. The Morgan fingerprint density at radius 2 is 2.19 bits per heavy atom. The van der Waals surface area contributed by atoms with Gasteiger partial charge in [-0.1, -0.05) is 13.0 Å². The third kappa shape index (κ3) is 1.34. The zero-order valence-electron chi connectivity index (χ0n) is 9.20. The molecule has 0 aliphatic heterocycles. The Morgan fingerprint density at radius 3 is 2.75 bits per heavy atom. The number of aryl methyl sites for hydroxylation is 2. The second kappa shape index (κ2) is 3.56. The van der Waals surface area contributed by atoms with Crippen molar-refractivity contribution < 1.29 is 14.3 Å². The van der Waals surface area contributed by atoms with Crippen LogP contribution < -0.4 is 5.73 Å². The molecule has 0 bridgehead atoms. The zero-order valence-corrected chi connectivity index (χ0v) is 9.20. The Kier molecular flexibility index (Phi) is 2.34. The minimum absolute atomic E-state index is 0.287. The summed E-state index contributed by atoms with van der Waals surface area (Å²) in [4.78, 5) is 11.2. The van der Waals surface area contributed by atoms with E-state index in [2.05, 4.69) is 0 Å². The number of carboxylic acid groups (broad SMARTS) is 1. The lowest BCUT2D eigenvalue weighted by atomic mass is 10.00. The fourth-order valence-corrected chi connectivity index (χ4v) is 2.00. The lowest BCUT2D eigenvalue weighted by Crippen LogP contribution is -2.01. The summed E-state index contributed by atoms with van der Waals surface area (Å²) in [7, 11) is 0. The van der Waals surface area contributed by atoms with Gasteiger partial charge in [-0.15, -0.1) is 0 Å². The number of nitrogens with two attached hydrogens (primary N) is 1. The highest BCUT2D eigenvalue weighted by molar-refractivity contribution is 6.06. The fourth-order valence-electron chi connectivity index (χ4n) is 2.00. The standard InChI is InChI=1S/C12H13NO3/c1-3-7-10-8(16-11(7)13)5-4-6(2)9(10)12(14)15/h4-5H,3,13H2,1-2H3,(H,14,15). The minimum atomic E-state index is -0.946. The fraction of sp³-hybridized carbons (Fsp3) is 0.250. The first-order valence-corrected chi connectivity index (χ1v) is 5.10. The first-order valence-electron chi connectivity index (χ1n) is 5.10. The lowest BCUT2D eigenvalue weighted by Gasteiger charge is -2.03. The van der Waals surface area contributed by atoms with Crippen molar-refractivity contribution in [1.82, 2.24) is 0 Å². The third-order valence-electron chi connectivity index (χ3n) is 2.76. The average Bonchev–Trinajstić information content (AvgIpc) is 2.53. The van der Waals surface area contributed by atoms with Crippen molar-refractivity contribution >= 4 is 22.8 Å². The van der Waals surface area contributed by atoms with Gasteiger partial charge in [0.15, 0.2) is 5.88 Å². The van der Waals surface area contributed by atoms with Crippen molar-refractivity contribution in [3.63, 3.8) is 0 Å². The van der Waals surface area contributed by atoms with Gasteiger partial charge in [0.25, 0.3) is 0 Å². The van der Waals surface area contributed by atoms with Crippen molar-refractivity contribution in [2.75, 3.05) is 5.73 Å². The molecule has 16 heavy (non-hydrogen) atoms. The molecular weight excluding hydrogens is 206 g/mol. The topological polar surface area (TPSA) is 76.5 Å². The molecule has 1 heterocycles. The largest absolute Gasteiger partial charge is 0.478 e. The van der Waals surface area contributed by atoms with Gasteiger partial charge in [0.2, 0.25) is 0 Å². The molecule has 84 valence electrons. The van der Waals surface area contributed by atoms with E-state index in [1.165, 1.54) is 0 Å². The number of fused-ring (bicyclic) bond motifs is 1. The summed E-state index contributed by atoms with van der Waals surface area (Å²) in [5, 5.41) is 9.84. The van der Waals surface area contributed by atoms with Crippen LogP contribution in [0, 0.1) is 6.92 Å². The molecule has 1 aromatic carbocycles. The van der Waals surface area contributed by atoms with Gasteiger partial charge in [0, 0.05) is 10.9 Å². The first-order chi connectivity index (χ1) is 7.56. The number of anilines is 1. The molecule has 2 rings (SSSR count). The smallest absolute Gasteiger partial charge is 0.336 e. The number of furan rings is 1. The van der Waals surface area contributed by atoms with E-state index >= 15 is 0 Å². The summed E-state index contributed by atoms with van der Waals surface area (Å²) in [6.07, 6.45) is 0.655. The van der Waals surface area contributed by atoms with Crippen LogP contribution >= 0.6 is 0 Å². The molecule has 4 heteroatoms. The van der Waals surface area contributed by atoms with Gasteiger partial charge in [-0.05, 0) is 25.0 Å². The van der Waals surface area contributed by atoms with Crippen LogP contribution in [0.5, 0.6) is 0 Å². The van der Waals surface area contributed by atoms with Crippen LogP contribution in [-0.2, 0) is 6.42 Å². The van der Waals surface area contributed by atoms with Gasteiger partial charge < -0.3 is 15.3 Å². The van der Waals surface area contributed by atoms with Crippen molar-refractivity contribution in [3.8, 4) is 0 Å². The maximum Gasteiger partial charge on any atom is 0.336 e. The summed E-state index contributed by atoms with van der Waals surface area (Å²) >= 11 is 0. The Balaban J connectivity index is 2.94. The summed E-state index contributed by atoms with van der Waals surface area (Å²) < 4.78 is 5.35. The van der Waals surface area contributed by atoms with Gasteiger partial charge in [-0.3, -0.25) is 0 Å². The molecule has 0 atom stereocenters. The second-order valence-corrected chi connectivity index (χ2v) is 3.73. The third-order valence-corrected chi connectivity index (χ3v) is 2.76. The van der Waals surface area contributed by atoms with Crippen LogP contribution in [0.15, 0.2) is 16.5 Å². The first kappa shape index (κ1) is 10.5. The molecular formula is C12H13NO3. The normalized spacial score (nSPS) is 10.9. The highest BCUT2D eigenvalue weighted by Gasteiger charge is 2.19. The van der Waals surface area contributed by atoms with Gasteiger partial charge in [-0.2, -0.15) is 0 Å². The van der Waals surface area contributed by atoms with E-state index < -0.39 is 5.97 Å². The van der Waals surface area contributed by atoms with Crippen molar-refractivity contribution in [2.24, 2.45) is 0 Å². The minimum Gasteiger partial charge on any atom is -0.478 e. The van der Waals surface area contributed by atoms with Crippen LogP contribution in [0.2, 0.25) is 0 Å². The van der Waals surface area contributed by atoms with Gasteiger partial charge >= 0.3 is 5.97 Å². The maximum absolute atomic E-state index is 11.2. The molecule has 0 unspecified atom stereocenters. The van der Waals surface area contributed by atoms with Crippen LogP contribution in [0.25, 0.3) is 11.0 Å². The SMILES string of the molecule is CCc1c(N)oc2ccc(C)c(C(=O)O)c12. The molecule has 2 aromatic rings. The highest BCUT2D eigenvalue weighted by Crippen LogP contribution is 2.32. The number of nitrogen functional groups attached to an aromatic ring is 1. The van der Waals surface area contributed by atoms with E-state index in [-0.39, 0.29) is 5.56 Å². The molecule has 0 aliphatic carbocycles. The van der Waals surface area contributed by atoms with Crippen molar-refractivity contribution in [3.05, 3.63) is 28.8 Å². The van der Waals surface area contributed by atoms with Crippen LogP contribution in [-0.4, -0.2) is 11.1 Å². The molecule has 0 amide bonds. The number of rotatable bonds is 2. The molecule has 0 radical (unpaired) electrons. The Labute approximate surface area is 92.7 Å². The number of carboxylic acids is 1. The molecule has 0 fully saturated rings. The quantitative estimate of drug-likeness (QED) is 0.813. The molecule has 0 aliphatic rings. The van der Waals surface area contributed by atoms with Crippen LogP contribution in [0.1, 0.15) is 28.4 Å². The molecule has 4 nitrogen and oxygen atoms in total. The van der Waals surface area contributed by atoms with Crippen molar-refractivity contribution in [1.29, 1.82) is 0 Å². The average molecular weight is 219 g/mol. The molecule has 0 saturated carbocycles. The predicted octanol–water partition coefficient (Wildman–Crippen LogP) is 2.58. The number of hydrogen-bond acceptors (Lipinski definition) is 3. The Bertz CT molecular complexity index is 569. The summed E-state index contributed by atoms with van der Waals surface area (Å²) in [5.41, 5.74) is 8.04. The van der Waals surface area contributed by atoms with Gasteiger partial charge in [-0.25, -0.2) is 4.79 Å². The number of benzene rings is 1. The predicted molar refractivity (Wildman–Crippen MR) is 61.7 cm³/mol. The van der Waals surface area contributed by atoms with Crippen LogP contribution in [0.3, 0.4) is 0 Å². The maximum atomic E-state index is 11.2. The molecule has 0 spiro atoms. The molecule has 0 saturated heterocycles. The highest BCUT2D eigenvalue weighted by atomic mass is 16.4. The monoisotopic (exact) mass is 219 g/mol. The van der Waals surface area contributed by atoms with E-state index in [1.807, 2.05) is 6.92 Å². The van der Waals surface area contributed by atoms with E-state index in [0.717, 1.165) is 11.1 Å². The van der Waals surface area contributed by atoms with E-state index in [4.69, 9.17) is 10.2 Å². The second-order valence-electron chi connectivity index (χ2n) is 3.73. The zero-order chi connectivity index (χ0) is 11.9. The van der Waals surface area contributed by atoms with E-state index in [0.29, 0.717) is 23.3 Å². The Morgan fingerprint density at radius 1 is 1.50 bits per heavy atom. The van der Waals surface area contributed by atoms with E-state index in [1.54, 1.807) is 19.1 Å². The van der Waals surface area contributed by atoms with Crippen molar-refractivity contribution in [2.45, 2.75) is 20.3 Å². The lowest BCUT2D eigenvalue weighted by molar-refractivity contribution is 0.0698. The van der Waals surface area contributed by atoms with Gasteiger partial charge in [0.1, 0.15) is 5.58 Å². The Hall–Kier alpha value is -1.97. The summed E-state index contributed by atoms with van der Waals surface area (Å²) in [5.74, 6) is -0.635. The molecule has 1 aromatic heterocycles. The molecule has 3 N–H and O–H groups in total.